The van der Waals surface area contributed by atoms with Gasteiger partial charge in [0.2, 0.25) is 5.91 Å². The molecule has 1 saturated carbocycles. The fourth-order valence-electron chi connectivity index (χ4n) is 3.04. The third kappa shape index (κ3) is 3.41. The normalized spacial score (nSPS) is 17.2. The topological polar surface area (TPSA) is 40.5 Å². The zero-order valence-electron chi connectivity index (χ0n) is 13.0. The van der Waals surface area contributed by atoms with Crippen LogP contribution in [0.1, 0.15) is 45.6 Å². The molecule has 116 valence electrons. The van der Waals surface area contributed by atoms with E-state index in [2.05, 4.69) is 0 Å². The second-order valence-corrected chi connectivity index (χ2v) is 7.01. The van der Waals surface area contributed by atoms with Gasteiger partial charge in [-0.25, -0.2) is 0 Å². The molecule has 0 aliphatic heterocycles. The molecule has 1 aromatic carbocycles. The van der Waals surface area contributed by atoms with Crippen molar-refractivity contribution in [3.05, 3.63) is 34.9 Å². The zero-order valence-corrected chi connectivity index (χ0v) is 13.8. The van der Waals surface area contributed by atoms with Crippen molar-refractivity contribution in [1.82, 2.24) is 4.90 Å². The maximum atomic E-state index is 13.0. The molecule has 1 N–H and O–H groups in total. The van der Waals surface area contributed by atoms with Crippen molar-refractivity contribution in [2.75, 3.05) is 13.1 Å². The molecule has 0 atom stereocenters. The van der Waals surface area contributed by atoms with Gasteiger partial charge in [-0.15, -0.1) is 0 Å². The van der Waals surface area contributed by atoms with Crippen LogP contribution in [0, 0.1) is 0 Å². The highest BCUT2D eigenvalue weighted by atomic mass is 35.5. The molecular weight excluding hydrogens is 286 g/mol. The number of hydrogen-bond acceptors (Lipinski definition) is 2. The molecule has 4 heteroatoms. The summed E-state index contributed by atoms with van der Waals surface area (Å²) in [5.41, 5.74) is -0.336. The smallest absolute Gasteiger partial charge is 0.233 e. The number of aliphatic hydroxyl groups is 1. The quantitative estimate of drug-likeness (QED) is 0.906. The maximum absolute atomic E-state index is 13.0. The lowest BCUT2D eigenvalue weighted by atomic mass is 9.63. The Bertz CT molecular complexity index is 518. The monoisotopic (exact) mass is 309 g/mol. The summed E-state index contributed by atoms with van der Waals surface area (Å²) in [5, 5.41) is 10.7. The molecule has 1 fully saturated rings. The van der Waals surface area contributed by atoms with E-state index in [0.717, 1.165) is 24.8 Å². The van der Waals surface area contributed by atoms with E-state index in [9.17, 15) is 9.90 Å². The maximum Gasteiger partial charge on any atom is 0.233 e. The number of benzene rings is 1. The second-order valence-electron chi connectivity index (χ2n) is 6.58. The molecule has 0 unspecified atom stereocenters. The lowest BCUT2D eigenvalue weighted by Gasteiger charge is -2.45. The minimum Gasteiger partial charge on any atom is -0.389 e. The van der Waals surface area contributed by atoms with Crippen molar-refractivity contribution in [1.29, 1.82) is 0 Å². The molecule has 2 rings (SSSR count). The molecule has 0 radical (unpaired) electrons. The standard InChI is InChI=1S/C17H24ClNO2/c1-4-19(12-16(2,3)21)15(20)17(9-6-10-17)13-7-5-8-14(18)11-13/h5,7-8,11,21H,4,6,9-10,12H2,1-3H3. The number of amides is 1. The Labute approximate surface area is 131 Å². The second kappa shape index (κ2) is 5.98. The fraction of sp³-hybridized carbons (Fsp3) is 0.588. The van der Waals surface area contributed by atoms with E-state index in [0.29, 0.717) is 18.1 Å². The Morgan fingerprint density at radius 3 is 2.52 bits per heavy atom. The summed E-state index contributed by atoms with van der Waals surface area (Å²) in [6.45, 7) is 6.37. The van der Waals surface area contributed by atoms with E-state index < -0.39 is 11.0 Å². The first-order valence-corrected chi connectivity index (χ1v) is 7.94. The average molecular weight is 310 g/mol. The molecule has 0 saturated heterocycles. The van der Waals surface area contributed by atoms with Gasteiger partial charge in [-0.2, -0.15) is 0 Å². The third-order valence-corrected chi connectivity index (χ3v) is 4.48. The van der Waals surface area contributed by atoms with Gasteiger partial charge in [0.15, 0.2) is 0 Å². The van der Waals surface area contributed by atoms with Gasteiger partial charge >= 0.3 is 0 Å². The lowest BCUT2D eigenvalue weighted by Crippen LogP contribution is -2.54. The van der Waals surface area contributed by atoms with E-state index in [1.807, 2.05) is 31.2 Å². The number of carbonyl (C=O) groups is 1. The van der Waals surface area contributed by atoms with Crippen molar-refractivity contribution in [3.63, 3.8) is 0 Å². The summed E-state index contributed by atoms with van der Waals surface area (Å²) in [6.07, 6.45) is 2.77. The molecular formula is C17H24ClNO2. The highest BCUT2D eigenvalue weighted by molar-refractivity contribution is 6.30. The van der Waals surface area contributed by atoms with Gasteiger partial charge in [0.05, 0.1) is 11.0 Å². The molecule has 1 aromatic rings. The first-order chi connectivity index (χ1) is 9.78. The largest absolute Gasteiger partial charge is 0.389 e. The van der Waals surface area contributed by atoms with E-state index in [4.69, 9.17) is 11.6 Å². The van der Waals surface area contributed by atoms with E-state index in [1.54, 1.807) is 18.7 Å². The number of carbonyl (C=O) groups excluding carboxylic acids is 1. The highest BCUT2D eigenvalue weighted by Crippen LogP contribution is 2.45. The van der Waals surface area contributed by atoms with Gasteiger partial charge < -0.3 is 10.0 Å². The number of halogens is 1. The lowest BCUT2D eigenvalue weighted by molar-refractivity contribution is -0.143. The highest BCUT2D eigenvalue weighted by Gasteiger charge is 2.47. The van der Waals surface area contributed by atoms with Crippen LogP contribution in [0.4, 0.5) is 0 Å². The van der Waals surface area contributed by atoms with Gasteiger partial charge in [-0.1, -0.05) is 30.2 Å². The van der Waals surface area contributed by atoms with Crippen molar-refractivity contribution in [3.8, 4) is 0 Å². The van der Waals surface area contributed by atoms with Crippen molar-refractivity contribution >= 4 is 17.5 Å². The van der Waals surface area contributed by atoms with Crippen molar-refractivity contribution in [2.24, 2.45) is 0 Å². The van der Waals surface area contributed by atoms with Gasteiger partial charge in [0, 0.05) is 18.1 Å². The van der Waals surface area contributed by atoms with Crippen LogP contribution in [-0.4, -0.2) is 34.6 Å². The van der Waals surface area contributed by atoms with Crippen LogP contribution in [-0.2, 0) is 10.2 Å². The van der Waals surface area contributed by atoms with Crippen LogP contribution < -0.4 is 0 Å². The first-order valence-electron chi connectivity index (χ1n) is 7.56. The molecule has 0 heterocycles. The van der Waals surface area contributed by atoms with E-state index in [-0.39, 0.29) is 5.91 Å². The van der Waals surface area contributed by atoms with Crippen LogP contribution in [0.5, 0.6) is 0 Å². The van der Waals surface area contributed by atoms with Crippen molar-refractivity contribution in [2.45, 2.75) is 51.0 Å². The van der Waals surface area contributed by atoms with Crippen LogP contribution in [0.2, 0.25) is 5.02 Å². The first kappa shape index (κ1) is 16.3. The Balaban J connectivity index is 2.29. The average Bonchev–Trinajstić information content (AvgIpc) is 2.33. The summed E-state index contributed by atoms with van der Waals surface area (Å²) in [7, 11) is 0. The molecule has 3 nitrogen and oxygen atoms in total. The predicted octanol–water partition coefficient (Wildman–Crippen LogP) is 3.38. The van der Waals surface area contributed by atoms with E-state index >= 15 is 0 Å². The predicted molar refractivity (Wildman–Crippen MR) is 85.5 cm³/mol. The summed E-state index contributed by atoms with van der Waals surface area (Å²) in [5.74, 6) is 0.112. The van der Waals surface area contributed by atoms with Crippen LogP contribution in [0.3, 0.4) is 0 Å². The summed E-state index contributed by atoms with van der Waals surface area (Å²) in [6, 6.07) is 7.62. The number of hydrogen-bond donors (Lipinski definition) is 1. The molecule has 1 aliphatic rings. The van der Waals surface area contributed by atoms with Gasteiger partial charge in [-0.05, 0) is 51.3 Å². The summed E-state index contributed by atoms with van der Waals surface area (Å²) >= 11 is 6.09. The van der Waals surface area contributed by atoms with E-state index in [1.165, 1.54) is 0 Å². The molecule has 0 bridgehead atoms. The van der Waals surface area contributed by atoms with Crippen LogP contribution in [0.15, 0.2) is 24.3 Å². The Morgan fingerprint density at radius 2 is 2.10 bits per heavy atom. The van der Waals surface area contributed by atoms with Crippen LogP contribution >= 0.6 is 11.6 Å². The molecule has 1 aliphatic carbocycles. The van der Waals surface area contributed by atoms with Crippen molar-refractivity contribution < 1.29 is 9.90 Å². The number of likely N-dealkylation sites (N-methyl/N-ethyl adjacent to an activating group) is 1. The van der Waals surface area contributed by atoms with Gasteiger partial charge in [-0.3, -0.25) is 4.79 Å². The Kier molecular flexibility index (Phi) is 4.64. The fourth-order valence-corrected chi connectivity index (χ4v) is 3.23. The molecule has 1 amide bonds. The number of rotatable bonds is 5. The Morgan fingerprint density at radius 1 is 1.43 bits per heavy atom. The minimum atomic E-state index is -0.884. The molecule has 0 spiro atoms. The summed E-state index contributed by atoms with van der Waals surface area (Å²) < 4.78 is 0. The summed E-state index contributed by atoms with van der Waals surface area (Å²) in [4.78, 5) is 14.8. The SMILES string of the molecule is CCN(CC(C)(C)O)C(=O)C1(c2cccc(Cl)c2)CCC1. The Hall–Kier alpha value is -1.06. The molecule has 21 heavy (non-hydrogen) atoms. The third-order valence-electron chi connectivity index (χ3n) is 4.24. The molecule has 0 aromatic heterocycles. The van der Waals surface area contributed by atoms with Gasteiger partial charge in [0.25, 0.3) is 0 Å². The zero-order chi connectivity index (χ0) is 15.7. The minimum absolute atomic E-state index is 0.112. The van der Waals surface area contributed by atoms with Gasteiger partial charge in [0.1, 0.15) is 0 Å². The van der Waals surface area contributed by atoms with Crippen LogP contribution in [0.25, 0.3) is 0 Å². The number of nitrogens with zero attached hydrogens (tertiary/aromatic N) is 1.